The Morgan fingerprint density at radius 1 is 1.30 bits per heavy atom. The summed E-state index contributed by atoms with van der Waals surface area (Å²) in [6, 6.07) is 7.16. The molecule has 0 aliphatic carbocycles. The molecule has 0 amide bonds. The lowest BCUT2D eigenvalue weighted by Gasteiger charge is -2.12. The molecule has 6 heteroatoms. The van der Waals surface area contributed by atoms with E-state index in [2.05, 4.69) is 5.43 Å². The average molecular weight is 327 g/mol. The summed E-state index contributed by atoms with van der Waals surface area (Å²) in [4.78, 5) is 0.941. The van der Waals surface area contributed by atoms with E-state index in [1.165, 1.54) is 0 Å². The molecule has 1 atom stereocenters. The number of nitrogens with two attached hydrogens (primary N) is 1. The molecule has 2 heterocycles. The number of hydrogen-bond donors (Lipinski definition) is 2. The molecule has 104 valence electrons. The minimum atomic E-state index is -0.271. The Labute approximate surface area is 130 Å². The number of aryl methyl sites for hydroxylation is 1. The molecule has 3 aromatic rings. The van der Waals surface area contributed by atoms with Gasteiger partial charge >= 0.3 is 0 Å². The first-order valence-electron chi connectivity index (χ1n) is 5.98. The van der Waals surface area contributed by atoms with Crippen molar-refractivity contribution in [2.45, 2.75) is 13.0 Å². The second kappa shape index (κ2) is 5.39. The van der Waals surface area contributed by atoms with E-state index in [9.17, 15) is 0 Å². The van der Waals surface area contributed by atoms with Crippen LogP contribution in [0.2, 0.25) is 10.0 Å². The molecule has 0 aliphatic heterocycles. The summed E-state index contributed by atoms with van der Waals surface area (Å²) in [5, 5.41) is 4.34. The Morgan fingerprint density at radius 2 is 2.10 bits per heavy atom. The van der Waals surface area contributed by atoms with Crippen LogP contribution < -0.4 is 11.3 Å². The largest absolute Gasteiger partial charge is 0.459 e. The molecule has 1 unspecified atom stereocenters. The van der Waals surface area contributed by atoms with E-state index in [0.717, 1.165) is 26.4 Å². The highest BCUT2D eigenvalue weighted by Gasteiger charge is 2.22. The van der Waals surface area contributed by atoms with Crippen molar-refractivity contribution in [3.8, 4) is 0 Å². The summed E-state index contributed by atoms with van der Waals surface area (Å²) < 4.78 is 5.84. The maximum atomic E-state index is 6.31. The number of furan rings is 1. The van der Waals surface area contributed by atoms with Gasteiger partial charge in [-0.25, -0.2) is 5.43 Å². The SMILES string of the molecule is Cc1csc(C(NN)c2cc3cc(Cl)ccc3o2)c1Cl. The number of nitrogens with one attached hydrogen (secondary N) is 1. The zero-order valence-electron chi connectivity index (χ0n) is 10.6. The van der Waals surface area contributed by atoms with Crippen LogP contribution in [0, 0.1) is 6.92 Å². The van der Waals surface area contributed by atoms with Crippen molar-refractivity contribution in [2.75, 3.05) is 0 Å². The molecule has 3 nitrogen and oxygen atoms in total. The summed E-state index contributed by atoms with van der Waals surface area (Å²) in [6.45, 7) is 1.97. The lowest BCUT2D eigenvalue weighted by molar-refractivity contribution is 0.481. The van der Waals surface area contributed by atoms with Gasteiger partial charge in [0.25, 0.3) is 0 Å². The zero-order valence-corrected chi connectivity index (χ0v) is 12.9. The molecule has 0 saturated carbocycles. The fraction of sp³-hybridized carbons (Fsp3) is 0.143. The highest BCUT2D eigenvalue weighted by molar-refractivity contribution is 7.10. The minimum Gasteiger partial charge on any atom is -0.459 e. The summed E-state index contributed by atoms with van der Waals surface area (Å²) in [5.41, 5.74) is 4.57. The molecule has 0 spiro atoms. The van der Waals surface area contributed by atoms with E-state index in [1.807, 2.05) is 30.5 Å². The number of hydrogen-bond acceptors (Lipinski definition) is 4. The van der Waals surface area contributed by atoms with Gasteiger partial charge in [0, 0.05) is 15.3 Å². The van der Waals surface area contributed by atoms with Gasteiger partial charge in [-0.2, -0.15) is 0 Å². The second-order valence-electron chi connectivity index (χ2n) is 4.53. The molecular formula is C14H12Cl2N2OS. The van der Waals surface area contributed by atoms with Gasteiger partial charge in [0.15, 0.2) is 0 Å². The Hall–Kier alpha value is -1.04. The fourth-order valence-electron chi connectivity index (χ4n) is 2.11. The quantitative estimate of drug-likeness (QED) is 0.543. The van der Waals surface area contributed by atoms with Crippen molar-refractivity contribution >= 4 is 45.5 Å². The predicted molar refractivity (Wildman–Crippen MR) is 84.5 cm³/mol. The molecule has 1 aromatic carbocycles. The standard InChI is InChI=1S/C14H12Cl2N2OS/c1-7-6-20-14(12(7)16)13(18-17)11-5-8-4-9(15)2-3-10(8)19-11/h2-6,13,18H,17H2,1H3. The van der Waals surface area contributed by atoms with Crippen LogP contribution in [0.15, 0.2) is 34.1 Å². The van der Waals surface area contributed by atoms with Crippen LogP contribution in [0.3, 0.4) is 0 Å². The van der Waals surface area contributed by atoms with Crippen LogP contribution in [0.4, 0.5) is 0 Å². The van der Waals surface area contributed by atoms with Gasteiger partial charge in [0.05, 0.1) is 5.02 Å². The van der Waals surface area contributed by atoms with E-state index < -0.39 is 0 Å². The van der Waals surface area contributed by atoms with Gasteiger partial charge in [0.2, 0.25) is 0 Å². The molecular weight excluding hydrogens is 315 g/mol. The Morgan fingerprint density at radius 3 is 2.75 bits per heavy atom. The zero-order chi connectivity index (χ0) is 14.3. The van der Waals surface area contributed by atoms with Crippen molar-refractivity contribution < 1.29 is 4.42 Å². The fourth-order valence-corrected chi connectivity index (χ4v) is 3.66. The third-order valence-electron chi connectivity index (χ3n) is 3.14. The molecule has 0 bridgehead atoms. The van der Waals surface area contributed by atoms with Crippen molar-refractivity contribution in [3.63, 3.8) is 0 Å². The van der Waals surface area contributed by atoms with Gasteiger partial charge in [-0.1, -0.05) is 23.2 Å². The molecule has 2 aromatic heterocycles. The Balaban J connectivity index is 2.09. The van der Waals surface area contributed by atoms with Crippen molar-refractivity contribution in [1.29, 1.82) is 0 Å². The lowest BCUT2D eigenvalue weighted by Crippen LogP contribution is -2.28. The van der Waals surface area contributed by atoms with Crippen LogP contribution in [0.25, 0.3) is 11.0 Å². The predicted octanol–water partition coefficient (Wildman–Crippen LogP) is 4.66. The number of rotatable bonds is 3. The summed E-state index contributed by atoms with van der Waals surface area (Å²) in [7, 11) is 0. The third-order valence-corrected chi connectivity index (χ3v) is 5.15. The maximum absolute atomic E-state index is 6.31. The first kappa shape index (κ1) is 13.9. The van der Waals surface area contributed by atoms with E-state index >= 15 is 0 Å². The molecule has 20 heavy (non-hydrogen) atoms. The van der Waals surface area contributed by atoms with Crippen LogP contribution in [0.5, 0.6) is 0 Å². The Bertz CT molecular complexity index is 766. The first-order valence-corrected chi connectivity index (χ1v) is 7.62. The van der Waals surface area contributed by atoms with Crippen LogP contribution >= 0.6 is 34.5 Å². The molecule has 0 fully saturated rings. The van der Waals surface area contributed by atoms with Crippen LogP contribution in [-0.4, -0.2) is 0 Å². The first-order chi connectivity index (χ1) is 9.60. The smallest absolute Gasteiger partial charge is 0.134 e. The van der Waals surface area contributed by atoms with Crippen molar-refractivity contribution in [1.82, 2.24) is 5.43 Å². The summed E-state index contributed by atoms with van der Waals surface area (Å²) in [6.07, 6.45) is 0. The average Bonchev–Trinajstić information content (AvgIpc) is 2.97. The van der Waals surface area contributed by atoms with Gasteiger partial charge in [-0.05, 0) is 42.1 Å². The number of hydrazine groups is 1. The molecule has 3 N–H and O–H groups in total. The van der Waals surface area contributed by atoms with Crippen molar-refractivity contribution in [2.24, 2.45) is 5.84 Å². The number of benzene rings is 1. The second-order valence-corrected chi connectivity index (χ2v) is 6.25. The van der Waals surface area contributed by atoms with Gasteiger partial charge in [-0.3, -0.25) is 5.84 Å². The molecule has 3 rings (SSSR count). The molecule has 0 aliphatic rings. The number of halogens is 2. The maximum Gasteiger partial charge on any atom is 0.134 e. The highest BCUT2D eigenvalue weighted by Crippen LogP contribution is 2.37. The van der Waals surface area contributed by atoms with E-state index in [-0.39, 0.29) is 6.04 Å². The van der Waals surface area contributed by atoms with E-state index in [1.54, 1.807) is 17.4 Å². The monoisotopic (exact) mass is 326 g/mol. The number of thiophene rings is 1. The van der Waals surface area contributed by atoms with Crippen LogP contribution in [0.1, 0.15) is 22.2 Å². The van der Waals surface area contributed by atoms with Gasteiger partial charge in [-0.15, -0.1) is 11.3 Å². The number of fused-ring (bicyclic) bond motifs is 1. The van der Waals surface area contributed by atoms with E-state index in [0.29, 0.717) is 10.8 Å². The molecule has 0 radical (unpaired) electrons. The topological polar surface area (TPSA) is 51.2 Å². The molecule has 0 saturated heterocycles. The lowest BCUT2D eigenvalue weighted by atomic mass is 10.1. The van der Waals surface area contributed by atoms with Gasteiger partial charge < -0.3 is 4.42 Å². The van der Waals surface area contributed by atoms with Crippen LogP contribution in [-0.2, 0) is 0 Å². The van der Waals surface area contributed by atoms with E-state index in [4.69, 9.17) is 33.5 Å². The minimum absolute atomic E-state index is 0.271. The Kier molecular flexibility index (Phi) is 3.75. The highest BCUT2D eigenvalue weighted by atomic mass is 35.5. The van der Waals surface area contributed by atoms with Crippen molar-refractivity contribution in [3.05, 3.63) is 55.9 Å². The normalized spacial score (nSPS) is 13.0. The van der Waals surface area contributed by atoms with Gasteiger partial charge in [0.1, 0.15) is 17.4 Å². The summed E-state index contributed by atoms with van der Waals surface area (Å²) >= 11 is 13.9. The summed E-state index contributed by atoms with van der Waals surface area (Å²) in [5.74, 6) is 6.39. The third kappa shape index (κ3) is 2.34.